The van der Waals surface area contributed by atoms with E-state index in [1.54, 1.807) is 36.4 Å². The summed E-state index contributed by atoms with van der Waals surface area (Å²) in [5, 5.41) is 32.7. The van der Waals surface area contributed by atoms with E-state index in [9.17, 15) is 20.1 Å². The summed E-state index contributed by atoms with van der Waals surface area (Å²) in [5.74, 6) is -0.435. The molecule has 0 aliphatic carbocycles. The van der Waals surface area contributed by atoms with Crippen LogP contribution in [0.15, 0.2) is 77.2 Å². The van der Waals surface area contributed by atoms with Crippen molar-refractivity contribution in [1.82, 2.24) is 0 Å². The Labute approximate surface area is 166 Å². The smallest absolute Gasteiger partial charge is 0.248 e. The molecule has 4 aromatic rings. The summed E-state index contributed by atoms with van der Waals surface area (Å²) in [5.41, 5.74) is 2.17. The van der Waals surface area contributed by atoms with Crippen LogP contribution in [0, 0.1) is 0 Å². The Balaban J connectivity index is 1.66. The Morgan fingerprint density at radius 2 is 1.62 bits per heavy atom. The molecule has 4 N–H and O–H groups in total. The van der Waals surface area contributed by atoms with Crippen LogP contribution in [0.3, 0.4) is 0 Å². The summed E-state index contributed by atoms with van der Waals surface area (Å²) < 4.78 is 5.75. The van der Waals surface area contributed by atoms with Gasteiger partial charge in [-0.1, -0.05) is 24.3 Å². The van der Waals surface area contributed by atoms with E-state index in [1.165, 1.54) is 24.3 Å². The van der Waals surface area contributed by atoms with Crippen LogP contribution in [-0.4, -0.2) is 21.2 Å². The van der Waals surface area contributed by atoms with E-state index in [0.29, 0.717) is 28.0 Å². The van der Waals surface area contributed by atoms with Crippen LogP contribution in [0.25, 0.3) is 28.4 Å². The highest BCUT2D eigenvalue weighted by molar-refractivity contribution is 6.04. The minimum Gasteiger partial charge on any atom is -0.504 e. The Bertz CT molecular complexity index is 1220. The SMILES string of the molecule is O=C(/C=C/c1ccc(O)c2oc(-c3ccc(O)c(O)c3)cc12)Nc1ccccc1. The Morgan fingerprint density at radius 3 is 2.38 bits per heavy atom. The highest BCUT2D eigenvalue weighted by Crippen LogP contribution is 2.37. The van der Waals surface area contributed by atoms with E-state index in [4.69, 9.17) is 4.42 Å². The molecule has 1 aromatic heterocycles. The van der Waals surface area contributed by atoms with E-state index in [1.807, 2.05) is 18.2 Å². The molecule has 0 saturated carbocycles. The first-order valence-corrected chi connectivity index (χ1v) is 8.83. The zero-order chi connectivity index (χ0) is 20.4. The third kappa shape index (κ3) is 3.77. The maximum Gasteiger partial charge on any atom is 0.248 e. The van der Waals surface area contributed by atoms with Gasteiger partial charge in [0.05, 0.1) is 0 Å². The molecular weight excluding hydrogens is 370 g/mol. The molecule has 1 heterocycles. The van der Waals surface area contributed by atoms with Gasteiger partial charge in [0.1, 0.15) is 5.76 Å². The van der Waals surface area contributed by atoms with E-state index >= 15 is 0 Å². The molecule has 6 nitrogen and oxygen atoms in total. The summed E-state index contributed by atoms with van der Waals surface area (Å²) in [6, 6.07) is 18.3. The topological polar surface area (TPSA) is 103 Å². The second-order valence-electron chi connectivity index (χ2n) is 6.42. The number of amides is 1. The van der Waals surface area contributed by atoms with Gasteiger partial charge in [0, 0.05) is 22.7 Å². The van der Waals surface area contributed by atoms with E-state index in [-0.39, 0.29) is 28.7 Å². The van der Waals surface area contributed by atoms with Crippen molar-refractivity contribution in [3.63, 3.8) is 0 Å². The average Bonchev–Trinajstić information content (AvgIpc) is 3.17. The normalized spacial score (nSPS) is 11.2. The Kier molecular flexibility index (Phi) is 4.66. The van der Waals surface area contributed by atoms with Gasteiger partial charge in [-0.2, -0.15) is 0 Å². The largest absolute Gasteiger partial charge is 0.504 e. The molecular formula is C23H17NO5. The lowest BCUT2D eigenvalue weighted by Crippen LogP contribution is -2.07. The molecule has 0 atom stereocenters. The number of phenolic OH excluding ortho intramolecular Hbond substituents is 3. The van der Waals surface area contributed by atoms with Gasteiger partial charge in [0.15, 0.2) is 22.8 Å². The number of aromatic hydroxyl groups is 3. The number of hydrogen-bond acceptors (Lipinski definition) is 5. The molecule has 3 aromatic carbocycles. The van der Waals surface area contributed by atoms with E-state index in [0.717, 1.165) is 0 Å². The third-order valence-corrected chi connectivity index (χ3v) is 4.41. The first kappa shape index (κ1) is 18.2. The zero-order valence-electron chi connectivity index (χ0n) is 15.2. The fourth-order valence-electron chi connectivity index (χ4n) is 2.97. The number of rotatable bonds is 4. The van der Waals surface area contributed by atoms with Crippen LogP contribution in [0.4, 0.5) is 5.69 Å². The second kappa shape index (κ2) is 7.44. The molecule has 0 bridgehead atoms. The van der Waals surface area contributed by atoms with Gasteiger partial charge >= 0.3 is 0 Å². The molecule has 0 saturated heterocycles. The quantitative estimate of drug-likeness (QED) is 0.296. The van der Waals surface area contributed by atoms with Gasteiger partial charge < -0.3 is 25.1 Å². The average molecular weight is 387 g/mol. The number of phenols is 3. The molecule has 4 rings (SSSR count). The van der Waals surface area contributed by atoms with Crippen molar-refractivity contribution in [2.45, 2.75) is 0 Å². The Hall–Kier alpha value is -4.19. The molecule has 0 radical (unpaired) electrons. The third-order valence-electron chi connectivity index (χ3n) is 4.41. The lowest BCUT2D eigenvalue weighted by molar-refractivity contribution is -0.111. The van der Waals surface area contributed by atoms with Gasteiger partial charge in [-0.25, -0.2) is 0 Å². The van der Waals surface area contributed by atoms with Crippen molar-refractivity contribution in [2.75, 3.05) is 5.32 Å². The van der Waals surface area contributed by atoms with Crippen LogP contribution >= 0.6 is 0 Å². The molecule has 0 fully saturated rings. The van der Waals surface area contributed by atoms with Crippen LogP contribution in [0.5, 0.6) is 17.2 Å². The number of benzene rings is 3. The maximum absolute atomic E-state index is 12.2. The molecule has 0 aliphatic heterocycles. The van der Waals surface area contributed by atoms with Crippen molar-refractivity contribution >= 4 is 28.6 Å². The molecule has 1 amide bonds. The minimum absolute atomic E-state index is 0.0415. The highest BCUT2D eigenvalue weighted by atomic mass is 16.4. The minimum atomic E-state index is -0.287. The van der Waals surface area contributed by atoms with Crippen LogP contribution in [-0.2, 0) is 4.79 Å². The van der Waals surface area contributed by atoms with Crippen LogP contribution in [0.1, 0.15) is 5.56 Å². The molecule has 6 heteroatoms. The summed E-state index contributed by atoms with van der Waals surface area (Å²) in [6.45, 7) is 0. The van der Waals surface area contributed by atoms with Gasteiger partial charge in [0.25, 0.3) is 0 Å². The lowest BCUT2D eigenvalue weighted by atomic mass is 10.1. The fourth-order valence-corrected chi connectivity index (χ4v) is 2.97. The summed E-state index contributed by atoms with van der Waals surface area (Å²) >= 11 is 0. The van der Waals surface area contributed by atoms with Gasteiger partial charge in [-0.15, -0.1) is 0 Å². The number of carbonyl (C=O) groups is 1. The lowest BCUT2D eigenvalue weighted by Gasteiger charge is -2.01. The van der Waals surface area contributed by atoms with Crippen molar-refractivity contribution < 1.29 is 24.5 Å². The zero-order valence-corrected chi connectivity index (χ0v) is 15.2. The van der Waals surface area contributed by atoms with Crippen molar-refractivity contribution in [3.8, 4) is 28.6 Å². The molecule has 0 aliphatic rings. The first-order chi connectivity index (χ1) is 14.0. The van der Waals surface area contributed by atoms with Crippen LogP contribution < -0.4 is 5.32 Å². The number of anilines is 1. The first-order valence-electron chi connectivity index (χ1n) is 8.83. The summed E-state index contributed by atoms with van der Waals surface area (Å²) in [4.78, 5) is 12.2. The summed E-state index contributed by atoms with van der Waals surface area (Å²) in [7, 11) is 0. The predicted molar refractivity (Wildman–Crippen MR) is 111 cm³/mol. The second-order valence-corrected chi connectivity index (χ2v) is 6.42. The van der Waals surface area contributed by atoms with Gasteiger partial charge in [0.2, 0.25) is 5.91 Å². The van der Waals surface area contributed by atoms with Crippen molar-refractivity contribution in [1.29, 1.82) is 0 Å². The Morgan fingerprint density at radius 1 is 0.862 bits per heavy atom. The number of hydrogen-bond donors (Lipinski definition) is 4. The fraction of sp³-hybridized carbons (Fsp3) is 0. The molecule has 144 valence electrons. The number of carbonyl (C=O) groups excluding carboxylic acids is 1. The highest BCUT2D eigenvalue weighted by Gasteiger charge is 2.14. The molecule has 0 spiro atoms. The number of furan rings is 1. The van der Waals surface area contributed by atoms with Crippen molar-refractivity contribution in [2.24, 2.45) is 0 Å². The number of fused-ring (bicyclic) bond motifs is 1. The number of nitrogens with one attached hydrogen (secondary N) is 1. The van der Waals surface area contributed by atoms with Gasteiger partial charge in [-0.3, -0.25) is 4.79 Å². The monoisotopic (exact) mass is 387 g/mol. The maximum atomic E-state index is 12.2. The van der Waals surface area contributed by atoms with E-state index in [2.05, 4.69) is 5.32 Å². The number of para-hydroxylation sites is 1. The molecule has 29 heavy (non-hydrogen) atoms. The summed E-state index contributed by atoms with van der Waals surface area (Å²) in [6.07, 6.45) is 3.03. The van der Waals surface area contributed by atoms with Crippen molar-refractivity contribution in [3.05, 3.63) is 78.4 Å². The predicted octanol–water partition coefficient (Wildman–Crippen LogP) is 4.87. The van der Waals surface area contributed by atoms with Gasteiger partial charge in [-0.05, 0) is 54.1 Å². The standard InChI is InChI=1S/C23H17NO5/c25-18-9-7-15(12-20(18)27)21-13-17-14(6-10-19(26)23(17)29-21)8-11-22(28)24-16-4-2-1-3-5-16/h1-13,25-27H,(H,24,28)/b11-8+. The van der Waals surface area contributed by atoms with Crippen LogP contribution in [0.2, 0.25) is 0 Å². The van der Waals surface area contributed by atoms with E-state index < -0.39 is 0 Å². The molecule has 0 unspecified atom stereocenters.